The number of carbonyl (C=O) groups is 3. The Hall–Kier alpha value is -3.71. The summed E-state index contributed by atoms with van der Waals surface area (Å²) in [6.45, 7) is 10.1. The van der Waals surface area contributed by atoms with Crippen LogP contribution in [0.5, 0.6) is 5.75 Å². The fourth-order valence-electron chi connectivity index (χ4n) is 7.80. The molecule has 5 rings (SSSR count). The van der Waals surface area contributed by atoms with Crippen LogP contribution in [0.25, 0.3) is 16.9 Å². The van der Waals surface area contributed by atoms with E-state index < -0.39 is 56.8 Å². The Kier molecular flexibility index (Phi) is 5.78. The molecule has 0 heterocycles. The van der Waals surface area contributed by atoms with Crippen LogP contribution in [0, 0.1) is 29.6 Å². The molecule has 0 saturated heterocycles. The highest BCUT2D eigenvalue weighted by molar-refractivity contribution is 6.24. The number of allylic oxidation sites excluding steroid dienone is 1. The van der Waals surface area contributed by atoms with Gasteiger partial charge < -0.3 is 20.4 Å². The molecule has 0 aliphatic heterocycles. The molecule has 0 aromatic heterocycles. The second-order valence-corrected chi connectivity index (χ2v) is 12.3. The van der Waals surface area contributed by atoms with E-state index in [1.807, 2.05) is 31.2 Å². The number of hydrogen-bond acceptors (Lipinski definition) is 7. The van der Waals surface area contributed by atoms with Gasteiger partial charge in [-0.1, -0.05) is 63.6 Å². The maximum Gasteiger partial charge on any atom is 0.203 e. The first-order valence-electron chi connectivity index (χ1n) is 13.2. The maximum absolute atomic E-state index is 14.3. The Morgan fingerprint density at radius 1 is 1.05 bits per heavy atom. The van der Waals surface area contributed by atoms with Crippen molar-refractivity contribution in [3.63, 3.8) is 0 Å². The van der Waals surface area contributed by atoms with E-state index >= 15 is 0 Å². The molecule has 204 valence electrons. The molecule has 0 spiro atoms. The normalized spacial score (nSPS) is 30.3. The molecule has 1 saturated carbocycles. The largest absolute Gasteiger partial charge is 0.508 e. The summed E-state index contributed by atoms with van der Waals surface area (Å²) in [5, 5.41) is 45.9. The number of hydrogen-bond donors (Lipinski definition) is 4. The first kappa shape index (κ1) is 26.9. The topological polar surface area (TPSA) is 132 Å². The zero-order valence-corrected chi connectivity index (χ0v) is 23.0. The van der Waals surface area contributed by atoms with Gasteiger partial charge in [-0.3, -0.25) is 14.4 Å². The number of Topliss-reactive ketones (excluding diaryl/α,β-unsaturated/α-hetero) is 3. The van der Waals surface area contributed by atoms with E-state index in [2.05, 4.69) is 0 Å². The van der Waals surface area contributed by atoms with Crippen molar-refractivity contribution in [2.45, 2.75) is 60.0 Å². The molecular weight excluding hydrogens is 496 g/mol. The SMILES string of the molecule is CC(=O)C1=C(O)[C@]2(O)C(=O)C3=C(O)c4c(O)ccc(-c5cccc(C)c5)c4C[C@]3(C)C[C@]2(C)C(C(C)C)C1=O. The van der Waals surface area contributed by atoms with Gasteiger partial charge in [0.1, 0.15) is 22.8 Å². The molecule has 4 atom stereocenters. The summed E-state index contributed by atoms with van der Waals surface area (Å²) < 4.78 is 0. The lowest BCUT2D eigenvalue weighted by atomic mass is 9.43. The van der Waals surface area contributed by atoms with Crippen molar-refractivity contribution in [1.29, 1.82) is 0 Å². The Morgan fingerprint density at radius 2 is 1.72 bits per heavy atom. The second-order valence-electron chi connectivity index (χ2n) is 12.3. The average molecular weight is 531 g/mol. The fraction of sp³-hybridized carbons (Fsp3) is 0.406. The number of aryl methyl sites for hydroxylation is 1. The summed E-state index contributed by atoms with van der Waals surface area (Å²) >= 11 is 0. The molecule has 3 aliphatic carbocycles. The number of aromatic hydroxyl groups is 1. The lowest BCUT2D eigenvalue weighted by Crippen LogP contribution is -2.69. The van der Waals surface area contributed by atoms with Gasteiger partial charge in [0.05, 0.1) is 5.56 Å². The molecular formula is C32H34O7. The van der Waals surface area contributed by atoms with Crippen LogP contribution in [0.1, 0.15) is 57.7 Å². The van der Waals surface area contributed by atoms with Gasteiger partial charge in [0.15, 0.2) is 17.2 Å². The summed E-state index contributed by atoms with van der Waals surface area (Å²) in [6.07, 6.45) is 0.299. The van der Waals surface area contributed by atoms with E-state index in [0.29, 0.717) is 5.56 Å². The summed E-state index contributed by atoms with van der Waals surface area (Å²) in [7, 11) is 0. The number of carbonyl (C=O) groups excluding carboxylic acids is 3. The van der Waals surface area contributed by atoms with Crippen LogP contribution in [0.4, 0.5) is 0 Å². The molecule has 4 N–H and O–H groups in total. The van der Waals surface area contributed by atoms with Gasteiger partial charge in [-0.2, -0.15) is 0 Å². The minimum Gasteiger partial charge on any atom is -0.508 e. The number of aliphatic hydroxyl groups is 3. The van der Waals surface area contributed by atoms with E-state index in [4.69, 9.17) is 0 Å². The van der Waals surface area contributed by atoms with Crippen molar-refractivity contribution < 1.29 is 34.8 Å². The summed E-state index contributed by atoms with van der Waals surface area (Å²) in [5.74, 6) is -5.26. The number of benzene rings is 2. The van der Waals surface area contributed by atoms with Crippen molar-refractivity contribution in [1.82, 2.24) is 0 Å². The molecule has 0 amide bonds. The highest BCUT2D eigenvalue weighted by Gasteiger charge is 2.72. The number of phenolic OH excluding ortho intramolecular Hbond substituents is 1. The minimum absolute atomic E-state index is 0.0633. The third-order valence-electron chi connectivity index (χ3n) is 9.22. The monoisotopic (exact) mass is 530 g/mol. The second kappa shape index (κ2) is 8.39. The number of rotatable bonds is 3. The smallest absolute Gasteiger partial charge is 0.203 e. The van der Waals surface area contributed by atoms with E-state index in [1.165, 1.54) is 6.07 Å². The Bertz CT molecular complexity index is 1540. The number of ketones is 3. The van der Waals surface area contributed by atoms with Crippen LogP contribution in [-0.2, 0) is 20.8 Å². The molecule has 3 aliphatic rings. The zero-order chi connectivity index (χ0) is 28.8. The molecule has 7 heteroatoms. The standard InChI is InChI=1S/C32H34O7/c1-15(2)24-26(35)22(17(4)33)28(37)32(39)29(38)25-27(36)23-20(13-30(25,5)14-31(24,32)6)19(10-11-21(23)34)18-9-7-8-16(3)12-18/h7-12,15,24,34,36-37,39H,13-14H2,1-6H3/t24?,30-,31-,32+/m1/s1. The van der Waals surface area contributed by atoms with Crippen molar-refractivity contribution in [3.05, 3.63) is 70.0 Å². The molecule has 0 radical (unpaired) electrons. The molecule has 39 heavy (non-hydrogen) atoms. The molecule has 1 fully saturated rings. The van der Waals surface area contributed by atoms with Gasteiger partial charge in [-0.25, -0.2) is 0 Å². The summed E-state index contributed by atoms with van der Waals surface area (Å²) in [5.41, 5.74) is -2.38. The zero-order valence-electron chi connectivity index (χ0n) is 23.0. The predicted octanol–water partition coefficient (Wildman–Crippen LogP) is 5.17. The Morgan fingerprint density at radius 3 is 2.31 bits per heavy atom. The van der Waals surface area contributed by atoms with Crippen LogP contribution in [0.3, 0.4) is 0 Å². The quantitative estimate of drug-likeness (QED) is 0.403. The third kappa shape index (κ3) is 3.35. The Balaban J connectivity index is 1.83. The lowest BCUT2D eigenvalue weighted by molar-refractivity contribution is -0.178. The van der Waals surface area contributed by atoms with E-state index in [0.717, 1.165) is 23.6 Å². The van der Waals surface area contributed by atoms with Gasteiger partial charge in [-0.05, 0) is 55.4 Å². The van der Waals surface area contributed by atoms with E-state index in [9.17, 15) is 34.8 Å². The summed E-state index contributed by atoms with van der Waals surface area (Å²) in [4.78, 5) is 40.4. The van der Waals surface area contributed by atoms with Gasteiger partial charge in [-0.15, -0.1) is 0 Å². The highest BCUT2D eigenvalue weighted by atomic mass is 16.3. The van der Waals surface area contributed by atoms with Crippen LogP contribution in [0.15, 0.2) is 53.3 Å². The van der Waals surface area contributed by atoms with Crippen LogP contribution >= 0.6 is 0 Å². The third-order valence-corrected chi connectivity index (χ3v) is 9.22. The van der Waals surface area contributed by atoms with Gasteiger partial charge in [0, 0.05) is 22.3 Å². The number of phenols is 1. The van der Waals surface area contributed by atoms with Crippen molar-refractivity contribution in [2.24, 2.45) is 22.7 Å². The molecule has 2 aromatic carbocycles. The summed E-state index contributed by atoms with van der Waals surface area (Å²) in [6, 6.07) is 11.1. The van der Waals surface area contributed by atoms with Gasteiger partial charge >= 0.3 is 0 Å². The van der Waals surface area contributed by atoms with E-state index in [1.54, 1.807) is 33.8 Å². The van der Waals surface area contributed by atoms with Crippen LogP contribution < -0.4 is 0 Å². The lowest BCUT2D eigenvalue weighted by Gasteiger charge is -2.59. The van der Waals surface area contributed by atoms with E-state index in [-0.39, 0.29) is 35.6 Å². The van der Waals surface area contributed by atoms with Crippen molar-refractivity contribution >= 4 is 23.1 Å². The Labute approximate surface area is 227 Å². The van der Waals surface area contributed by atoms with Crippen LogP contribution in [-0.4, -0.2) is 43.4 Å². The van der Waals surface area contributed by atoms with Crippen molar-refractivity contribution in [2.75, 3.05) is 0 Å². The number of aliphatic hydroxyl groups excluding tert-OH is 2. The maximum atomic E-state index is 14.3. The molecule has 7 nitrogen and oxygen atoms in total. The average Bonchev–Trinajstić information content (AvgIpc) is 2.81. The minimum atomic E-state index is -2.61. The fourth-order valence-corrected chi connectivity index (χ4v) is 7.80. The molecule has 1 unspecified atom stereocenters. The first-order valence-corrected chi connectivity index (χ1v) is 13.2. The van der Waals surface area contributed by atoms with Gasteiger partial charge in [0.25, 0.3) is 0 Å². The highest BCUT2D eigenvalue weighted by Crippen LogP contribution is 2.65. The first-order chi connectivity index (χ1) is 18.1. The number of fused-ring (bicyclic) bond motifs is 3. The molecule has 0 bridgehead atoms. The van der Waals surface area contributed by atoms with Crippen LogP contribution in [0.2, 0.25) is 0 Å². The predicted molar refractivity (Wildman–Crippen MR) is 146 cm³/mol. The molecule has 2 aromatic rings. The van der Waals surface area contributed by atoms with Crippen molar-refractivity contribution in [3.8, 4) is 16.9 Å². The van der Waals surface area contributed by atoms with Gasteiger partial charge in [0.2, 0.25) is 5.78 Å².